The summed E-state index contributed by atoms with van der Waals surface area (Å²) in [7, 11) is -2.69. The van der Waals surface area contributed by atoms with Crippen LogP contribution in [0.1, 0.15) is 71.1 Å². The molecule has 0 aromatic rings. The zero-order valence-electron chi connectivity index (χ0n) is 10.5. The molecule has 0 fully saturated rings. The summed E-state index contributed by atoms with van der Waals surface area (Å²) in [5.41, 5.74) is 0. The minimum Gasteiger partial charge on any atom is -0.511 e. The van der Waals surface area contributed by atoms with Crippen LogP contribution in [0.15, 0.2) is 0 Å². The molecule has 0 aromatic carbocycles. The fourth-order valence-electron chi connectivity index (χ4n) is 1.75. The van der Waals surface area contributed by atoms with Gasteiger partial charge in [-0.15, -0.1) is 0 Å². The van der Waals surface area contributed by atoms with Crippen molar-refractivity contribution in [3.63, 3.8) is 0 Å². The molecule has 4 heteroatoms. The van der Waals surface area contributed by atoms with Gasteiger partial charge in [-0.3, -0.25) is 4.46 Å². The molecule has 0 radical (unpaired) electrons. The summed E-state index contributed by atoms with van der Waals surface area (Å²) in [6.45, 7) is 2.67. The summed E-state index contributed by atoms with van der Waals surface area (Å²) < 4.78 is 14.8. The molecule has 0 unspecified atom stereocenters. The Morgan fingerprint density at radius 3 is 1.75 bits per heavy atom. The van der Waals surface area contributed by atoms with Crippen LogP contribution in [-0.4, -0.2) is 20.6 Å². The highest BCUT2D eigenvalue weighted by atomic mass is 28.3. The first-order valence-electron chi connectivity index (χ1n) is 6.63. The first kappa shape index (κ1) is 15.6. The van der Waals surface area contributed by atoms with Crippen molar-refractivity contribution in [2.45, 2.75) is 71.1 Å². The molecular formula is C12H26O3Si. The molecule has 0 aromatic heterocycles. The maximum atomic E-state index is 10.2. The minimum atomic E-state index is -2.69. The third-order valence-electron chi connectivity index (χ3n) is 2.72. The second-order valence-electron chi connectivity index (χ2n) is 4.30. The van der Waals surface area contributed by atoms with E-state index >= 15 is 0 Å². The van der Waals surface area contributed by atoms with Gasteiger partial charge in [-0.25, -0.2) is 0 Å². The molecule has 0 aliphatic carbocycles. The second-order valence-corrected chi connectivity index (χ2v) is 5.12. The van der Waals surface area contributed by atoms with E-state index in [1.165, 1.54) is 51.4 Å². The lowest BCUT2D eigenvalue weighted by Gasteiger charge is -2.02. The highest BCUT2D eigenvalue weighted by Gasteiger charge is 2.01. The van der Waals surface area contributed by atoms with Gasteiger partial charge in [-0.1, -0.05) is 64.7 Å². The van der Waals surface area contributed by atoms with E-state index in [0.29, 0.717) is 6.61 Å². The van der Waals surface area contributed by atoms with E-state index in [1.807, 2.05) is 0 Å². The van der Waals surface area contributed by atoms with E-state index in [0.717, 1.165) is 12.8 Å². The Morgan fingerprint density at radius 2 is 1.31 bits per heavy atom. The molecule has 3 nitrogen and oxygen atoms in total. The molecule has 1 N–H and O–H groups in total. The van der Waals surface area contributed by atoms with Crippen LogP contribution in [0.3, 0.4) is 0 Å². The van der Waals surface area contributed by atoms with Crippen LogP contribution in [-0.2, 0) is 8.89 Å². The van der Waals surface area contributed by atoms with Gasteiger partial charge >= 0.3 is 9.17 Å². The molecule has 0 atom stereocenters. The van der Waals surface area contributed by atoms with E-state index in [-0.39, 0.29) is 0 Å². The Balaban J connectivity index is 2.90. The largest absolute Gasteiger partial charge is 0.764 e. The SMILES string of the molecule is CCCCCCCCCCCCO[Si](=O)O. The maximum absolute atomic E-state index is 10.2. The fraction of sp³-hybridized carbons (Fsp3) is 1.00. The number of rotatable bonds is 12. The molecule has 0 saturated carbocycles. The summed E-state index contributed by atoms with van der Waals surface area (Å²) in [5, 5.41) is 0. The molecular weight excluding hydrogens is 220 g/mol. The molecule has 0 amide bonds. The van der Waals surface area contributed by atoms with Gasteiger partial charge in [0.2, 0.25) is 0 Å². The molecule has 16 heavy (non-hydrogen) atoms. The van der Waals surface area contributed by atoms with Gasteiger partial charge in [0.05, 0.1) is 6.61 Å². The smallest absolute Gasteiger partial charge is 0.511 e. The topological polar surface area (TPSA) is 46.5 Å². The summed E-state index contributed by atoms with van der Waals surface area (Å²) in [5.74, 6) is 0. The van der Waals surface area contributed by atoms with Crippen LogP contribution >= 0.6 is 0 Å². The van der Waals surface area contributed by atoms with Crippen LogP contribution in [0, 0.1) is 0 Å². The lowest BCUT2D eigenvalue weighted by atomic mass is 10.1. The summed E-state index contributed by atoms with van der Waals surface area (Å²) in [4.78, 5) is 8.42. The highest BCUT2D eigenvalue weighted by molar-refractivity contribution is 6.24. The predicted molar refractivity (Wildman–Crippen MR) is 66.5 cm³/mol. The Labute approximate surface area is 101 Å². The third-order valence-corrected chi connectivity index (χ3v) is 3.17. The third kappa shape index (κ3) is 13.6. The van der Waals surface area contributed by atoms with Gasteiger partial charge in [0, 0.05) is 0 Å². The zero-order chi connectivity index (χ0) is 12.1. The molecule has 0 spiro atoms. The van der Waals surface area contributed by atoms with Crippen LogP contribution < -0.4 is 0 Å². The zero-order valence-corrected chi connectivity index (χ0v) is 11.5. The first-order chi connectivity index (χ1) is 7.77. The van der Waals surface area contributed by atoms with Crippen molar-refractivity contribution in [2.24, 2.45) is 0 Å². The van der Waals surface area contributed by atoms with E-state index in [4.69, 9.17) is 4.80 Å². The summed E-state index contributed by atoms with van der Waals surface area (Å²) in [6.07, 6.45) is 12.7. The van der Waals surface area contributed by atoms with E-state index in [2.05, 4.69) is 11.3 Å². The number of hydrogen-bond acceptors (Lipinski definition) is 2. The molecule has 0 saturated heterocycles. The van der Waals surface area contributed by atoms with Gasteiger partial charge in [-0.05, 0) is 6.42 Å². The molecule has 96 valence electrons. The maximum Gasteiger partial charge on any atom is 0.764 e. The monoisotopic (exact) mass is 246 g/mol. The van der Waals surface area contributed by atoms with Crippen LogP contribution in [0.4, 0.5) is 0 Å². The van der Waals surface area contributed by atoms with Crippen molar-refractivity contribution in [2.75, 3.05) is 6.61 Å². The molecule has 0 aliphatic rings. The molecule has 0 aliphatic heterocycles. The van der Waals surface area contributed by atoms with Crippen LogP contribution in [0.25, 0.3) is 0 Å². The fourth-order valence-corrected chi connectivity index (χ4v) is 2.07. The standard InChI is InChI=1S/C12H26O3Si/c1-2-3-4-5-6-7-8-9-10-11-12-15-16(13)14/h13H,2-12H2,1H3. The lowest BCUT2D eigenvalue weighted by Crippen LogP contribution is -2.06. The van der Waals surface area contributed by atoms with Crippen molar-refractivity contribution < 1.29 is 13.7 Å². The van der Waals surface area contributed by atoms with Gasteiger partial charge < -0.3 is 9.22 Å². The van der Waals surface area contributed by atoms with Gasteiger partial charge in [0.25, 0.3) is 0 Å². The summed E-state index contributed by atoms with van der Waals surface area (Å²) in [6, 6.07) is 0. The average molecular weight is 246 g/mol. The normalized spacial score (nSPS) is 10.3. The van der Waals surface area contributed by atoms with Gasteiger partial charge in [0.1, 0.15) is 0 Å². The van der Waals surface area contributed by atoms with Crippen LogP contribution in [0.2, 0.25) is 0 Å². The first-order valence-corrected chi connectivity index (χ1v) is 7.89. The minimum absolute atomic E-state index is 0.435. The van der Waals surface area contributed by atoms with Crippen molar-refractivity contribution >= 4 is 9.17 Å². The Kier molecular flexibility index (Phi) is 12.4. The predicted octanol–water partition coefficient (Wildman–Crippen LogP) is 3.33. The average Bonchev–Trinajstić information content (AvgIpc) is 2.25. The number of unbranched alkanes of at least 4 members (excludes halogenated alkanes) is 9. The lowest BCUT2D eigenvalue weighted by molar-refractivity contribution is 0.218. The van der Waals surface area contributed by atoms with Gasteiger partial charge in [-0.2, -0.15) is 0 Å². The van der Waals surface area contributed by atoms with Crippen molar-refractivity contribution in [1.82, 2.24) is 0 Å². The Morgan fingerprint density at radius 1 is 0.875 bits per heavy atom. The van der Waals surface area contributed by atoms with Crippen molar-refractivity contribution in [3.8, 4) is 0 Å². The van der Waals surface area contributed by atoms with Crippen molar-refractivity contribution in [3.05, 3.63) is 0 Å². The number of hydrogen-bond donors (Lipinski definition) is 1. The van der Waals surface area contributed by atoms with E-state index in [1.54, 1.807) is 0 Å². The second kappa shape index (κ2) is 12.7. The summed E-state index contributed by atoms with van der Waals surface area (Å²) >= 11 is 0. The van der Waals surface area contributed by atoms with E-state index in [9.17, 15) is 4.46 Å². The molecule has 0 rings (SSSR count). The van der Waals surface area contributed by atoms with Gasteiger partial charge in [0.15, 0.2) is 0 Å². The van der Waals surface area contributed by atoms with E-state index < -0.39 is 9.17 Å². The molecule has 0 bridgehead atoms. The van der Waals surface area contributed by atoms with Crippen LogP contribution in [0.5, 0.6) is 0 Å². The Bertz CT molecular complexity index is 162. The highest BCUT2D eigenvalue weighted by Crippen LogP contribution is 2.10. The Hall–Kier alpha value is -0.383. The van der Waals surface area contributed by atoms with Crippen molar-refractivity contribution in [1.29, 1.82) is 0 Å². The molecule has 0 heterocycles. The quantitative estimate of drug-likeness (QED) is 0.424.